The number of anilines is 1. The molecule has 3 aromatic carbocycles. The molecule has 11 heteroatoms. The van der Waals surface area contributed by atoms with Gasteiger partial charge in [-0.2, -0.15) is 0 Å². The van der Waals surface area contributed by atoms with E-state index in [-0.39, 0.29) is 30.2 Å². The molecule has 0 radical (unpaired) electrons. The minimum absolute atomic E-state index is 0.0299. The number of aryl methyl sites for hydroxylation is 2. The zero-order valence-electron chi connectivity index (χ0n) is 24.4. The highest BCUT2D eigenvalue weighted by atomic mass is 32.2. The van der Waals surface area contributed by atoms with Crippen LogP contribution in [-0.4, -0.2) is 55.4 Å². The third-order valence-corrected chi connectivity index (χ3v) is 8.05. The Morgan fingerprint density at radius 1 is 0.976 bits per heavy atom. The maximum Gasteiger partial charge on any atom is 0.271 e. The Labute approximate surface area is 247 Å². The highest BCUT2D eigenvalue weighted by Crippen LogP contribution is 2.28. The van der Waals surface area contributed by atoms with Crippen LogP contribution in [0.1, 0.15) is 42.0 Å². The van der Waals surface area contributed by atoms with Crippen molar-refractivity contribution in [2.45, 2.75) is 52.6 Å². The summed E-state index contributed by atoms with van der Waals surface area (Å²) >= 11 is 0. The minimum atomic E-state index is -4.05. The number of nitrogens with one attached hydrogen (secondary N) is 1. The quantitative estimate of drug-likeness (QED) is 0.166. The number of amides is 2. The van der Waals surface area contributed by atoms with Gasteiger partial charge in [-0.05, 0) is 37.0 Å². The van der Waals surface area contributed by atoms with Gasteiger partial charge in [0.25, 0.3) is 5.69 Å². The number of nitro benzene ring substituents is 1. The van der Waals surface area contributed by atoms with Crippen molar-refractivity contribution in [3.8, 4) is 0 Å². The fourth-order valence-electron chi connectivity index (χ4n) is 4.53. The Balaban J connectivity index is 2.08. The van der Waals surface area contributed by atoms with E-state index in [0.717, 1.165) is 46.2 Å². The zero-order valence-corrected chi connectivity index (χ0v) is 25.3. The second-order valence-electron chi connectivity index (χ2n) is 10.4. The Hall–Kier alpha value is -4.25. The summed E-state index contributed by atoms with van der Waals surface area (Å²) in [6.45, 7) is 5.43. The van der Waals surface area contributed by atoms with Gasteiger partial charge in [0.1, 0.15) is 12.6 Å². The lowest BCUT2D eigenvalue weighted by atomic mass is 10.0. The number of non-ortho nitro benzene ring substituents is 1. The van der Waals surface area contributed by atoms with Gasteiger partial charge in [0.15, 0.2) is 0 Å². The van der Waals surface area contributed by atoms with E-state index in [0.29, 0.717) is 12.1 Å². The van der Waals surface area contributed by atoms with Crippen LogP contribution in [0.4, 0.5) is 11.4 Å². The van der Waals surface area contributed by atoms with Crippen molar-refractivity contribution in [2.75, 3.05) is 23.7 Å². The van der Waals surface area contributed by atoms with Crippen molar-refractivity contribution in [1.82, 2.24) is 10.2 Å². The van der Waals surface area contributed by atoms with Crippen LogP contribution < -0.4 is 9.62 Å². The maximum absolute atomic E-state index is 14.1. The first-order chi connectivity index (χ1) is 19.9. The van der Waals surface area contributed by atoms with Crippen LogP contribution in [0.3, 0.4) is 0 Å². The van der Waals surface area contributed by atoms with Crippen LogP contribution in [-0.2, 0) is 32.6 Å². The number of hydrogen-bond acceptors (Lipinski definition) is 6. The fraction of sp³-hybridized carbons (Fsp3) is 0.355. The standard InChI is InChI=1S/C31H38N4O6S/c1-5-6-18-32-31(37)29(19-25-10-8-7-9-11-25)33(21-26-15-12-23(2)13-16-26)30(36)22-34(42(4,40)41)28-20-27(35(38)39)17-14-24(28)3/h7-17,20,29H,5-6,18-19,21-22H2,1-4H3,(H,32,37). The summed E-state index contributed by atoms with van der Waals surface area (Å²) in [5.41, 5.74) is 2.81. The number of hydrogen-bond donors (Lipinski definition) is 1. The number of sulfonamides is 1. The van der Waals surface area contributed by atoms with Gasteiger partial charge in [-0.15, -0.1) is 0 Å². The number of benzene rings is 3. The van der Waals surface area contributed by atoms with E-state index < -0.39 is 33.4 Å². The van der Waals surface area contributed by atoms with E-state index >= 15 is 0 Å². The lowest BCUT2D eigenvalue weighted by Gasteiger charge is -2.33. The molecule has 0 saturated carbocycles. The molecule has 0 heterocycles. The van der Waals surface area contributed by atoms with Gasteiger partial charge in [0.05, 0.1) is 16.9 Å². The summed E-state index contributed by atoms with van der Waals surface area (Å²) in [7, 11) is -4.05. The van der Waals surface area contributed by atoms with Crippen LogP contribution >= 0.6 is 0 Å². The fourth-order valence-corrected chi connectivity index (χ4v) is 5.42. The Morgan fingerprint density at radius 3 is 2.24 bits per heavy atom. The molecule has 42 heavy (non-hydrogen) atoms. The van der Waals surface area contributed by atoms with E-state index in [4.69, 9.17) is 0 Å². The Bertz CT molecular complexity index is 1490. The molecule has 1 atom stereocenters. The number of nitro groups is 1. The molecule has 224 valence electrons. The molecule has 10 nitrogen and oxygen atoms in total. The van der Waals surface area contributed by atoms with E-state index in [2.05, 4.69) is 5.32 Å². The van der Waals surface area contributed by atoms with Gasteiger partial charge in [-0.25, -0.2) is 8.42 Å². The molecule has 1 unspecified atom stereocenters. The first-order valence-corrected chi connectivity index (χ1v) is 15.6. The summed E-state index contributed by atoms with van der Waals surface area (Å²) in [5.74, 6) is -0.955. The van der Waals surface area contributed by atoms with E-state index in [1.54, 1.807) is 6.92 Å². The zero-order chi connectivity index (χ0) is 30.9. The summed E-state index contributed by atoms with van der Waals surface area (Å²) < 4.78 is 26.9. The largest absolute Gasteiger partial charge is 0.354 e. The molecule has 3 rings (SSSR count). The van der Waals surface area contributed by atoms with Gasteiger partial charge in [-0.3, -0.25) is 24.0 Å². The average molecular weight is 595 g/mol. The van der Waals surface area contributed by atoms with Gasteiger partial charge in [0.2, 0.25) is 21.8 Å². The van der Waals surface area contributed by atoms with Crippen molar-refractivity contribution in [3.63, 3.8) is 0 Å². The highest BCUT2D eigenvalue weighted by Gasteiger charge is 2.33. The van der Waals surface area contributed by atoms with Crippen LogP contribution in [0.15, 0.2) is 72.8 Å². The third kappa shape index (κ3) is 8.87. The number of nitrogens with zero attached hydrogens (tertiary/aromatic N) is 3. The predicted octanol–water partition coefficient (Wildman–Crippen LogP) is 4.53. The molecule has 0 aromatic heterocycles. The van der Waals surface area contributed by atoms with E-state index in [1.807, 2.05) is 68.4 Å². The van der Waals surface area contributed by atoms with Gasteiger partial charge < -0.3 is 10.2 Å². The van der Waals surface area contributed by atoms with E-state index in [1.165, 1.54) is 17.0 Å². The van der Waals surface area contributed by atoms with Crippen LogP contribution in [0.25, 0.3) is 0 Å². The van der Waals surface area contributed by atoms with Crippen molar-refractivity contribution in [3.05, 3.63) is 105 Å². The van der Waals surface area contributed by atoms with Gasteiger partial charge in [-0.1, -0.05) is 79.6 Å². The minimum Gasteiger partial charge on any atom is -0.354 e. The Kier molecular flexibility index (Phi) is 11.2. The molecular formula is C31H38N4O6S. The highest BCUT2D eigenvalue weighted by molar-refractivity contribution is 7.92. The van der Waals surface area contributed by atoms with Gasteiger partial charge in [0, 0.05) is 31.6 Å². The number of carbonyl (C=O) groups excluding carboxylic acids is 2. The molecule has 0 saturated heterocycles. The topological polar surface area (TPSA) is 130 Å². The molecule has 0 fully saturated rings. The first kappa shape index (κ1) is 32.3. The number of rotatable bonds is 14. The lowest BCUT2D eigenvalue weighted by molar-refractivity contribution is -0.384. The SMILES string of the molecule is CCCCNC(=O)C(Cc1ccccc1)N(Cc1ccc(C)cc1)C(=O)CN(c1cc([N+](=O)[O-])ccc1C)S(C)(=O)=O. The summed E-state index contributed by atoms with van der Waals surface area (Å²) in [6, 6.07) is 19.8. The monoisotopic (exact) mass is 594 g/mol. The smallest absolute Gasteiger partial charge is 0.271 e. The predicted molar refractivity (Wildman–Crippen MR) is 164 cm³/mol. The van der Waals surface area contributed by atoms with Crippen LogP contribution in [0.2, 0.25) is 0 Å². The maximum atomic E-state index is 14.1. The normalized spacial score (nSPS) is 11.9. The second kappa shape index (κ2) is 14.6. The van der Waals surface area contributed by atoms with Crippen LogP contribution in [0, 0.1) is 24.0 Å². The second-order valence-corrected chi connectivity index (χ2v) is 12.3. The summed E-state index contributed by atoms with van der Waals surface area (Å²) in [4.78, 5) is 40.0. The third-order valence-electron chi connectivity index (χ3n) is 6.93. The number of unbranched alkanes of at least 4 members (excludes halogenated alkanes) is 1. The molecule has 1 N–H and O–H groups in total. The molecule has 2 amide bonds. The van der Waals surface area contributed by atoms with Crippen molar-refractivity contribution >= 4 is 33.2 Å². The van der Waals surface area contributed by atoms with Gasteiger partial charge >= 0.3 is 0 Å². The molecule has 3 aromatic rings. The van der Waals surface area contributed by atoms with Crippen LogP contribution in [0.5, 0.6) is 0 Å². The Morgan fingerprint density at radius 2 is 1.64 bits per heavy atom. The molecule has 0 aliphatic heterocycles. The molecular weight excluding hydrogens is 556 g/mol. The van der Waals surface area contributed by atoms with E-state index in [9.17, 15) is 28.1 Å². The summed E-state index contributed by atoms with van der Waals surface area (Å²) in [6.07, 6.45) is 2.80. The van der Waals surface area contributed by atoms with Crippen molar-refractivity contribution in [1.29, 1.82) is 0 Å². The summed E-state index contributed by atoms with van der Waals surface area (Å²) in [5, 5.41) is 14.4. The molecule has 0 aliphatic carbocycles. The van der Waals surface area contributed by atoms with Crippen molar-refractivity contribution in [2.24, 2.45) is 0 Å². The van der Waals surface area contributed by atoms with Crippen molar-refractivity contribution < 1.29 is 22.9 Å². The molecule has 0 bridgehead atoms. The molecule has 0 spiro atoms. The first-order valence-electron chi connectivity index (χ1n) is 13.8. The average Bonchev–Trinajstić information content (AvgIpc) is 2.95. The molecule has 0 aliphatic rings. The number of carbonyl (C=O) groups is 2. The lowest BCUT2D eigenvalue weighted by Crippen LogP contribution is -2.53.